The van der Waals surface area contributed by atoms with Crippen LogP contribution in [0.2, 0.25) is 0 Å². The lowest BCUT2D eigenvalue weighted by Gasteiger charge is -2.14. The number of aliphatic hydroxyl groups excluding tert-OH is 1. The molecule has 0 heterocycles. The van der Waals surface area contributed by atoms with Crippen LogP contribution >= 0.6 is 0 Å². The second-order valence-corrected chi connectivity index (χ2v) is 6.61. The fourth-order valence-electron chi connectivity index (χ4n) is 1.74. The first kappa shape index (κ1) is 15.0. The lowest BCUT2D eigenvalue weighted by molar-refractivity contribution is 0.162. The first-order valence-electron chi connectivity index (χ1n) is 6.01. The minimum absolute atomic E-state index is 0.121. The number of aliphatic hydroxyl groups is 1. The van der Waals surface area contributed by atoms with E-state index in [1.807, 2.05) is 12.1 Å². The summed E-state index contributed by atoms with van der Waals surface area (Å²) in [7, 11) is -1.41. The highest BCUT2D eigenvalue weighted by atomic mass is 32.2. The van der Waals surface area contributed by atoms with Gasteiger partial charge in [-0.3, -0.25) is 0 Å². The Morgan fingerprint density at radius 1 is 1.33 bits per heavy atom. The lowest BCUT2D eigenvalue weighted by atomic mass is 10.0. The number of hydrogen-bond donors (Lipinski definition) is 1. The van der Waals surface area contributed by atoms with Crippen molar-refractivity contribution in [3.8, 4) is 5.75 Å². The molecule has 0 amide bonds. The van der Waals surface area contributed by atoms with E-state index in [9.17, 15) is 13.5 Å². The van der Waals surface area contributed by atoms with Crippen LogP contribution in [0.5, 0.6) is 5.75 Å². The number of methoxy groups -OCH3 is 1. The van der Waals surface area contributed by atoms with Gasteiger partial charge in [0.15, 0.2) is 0 Å². The Hall–Kier alpha value is -1.07. The van der Waals surface area contributed by atoms with Crippen LogP contribution in [0.25, 0.3) is 0 Å². The molecule has 0 radical (unpaired) electrons. The summed E-state index contributed by atoms with van der Waals surface area (Å²) in [6.07, 6.45) is 0.183. The van der Waals surface area contributed by atoms with Crippen molar-refractivity contribution in [3.63, 3.8) is 0 Å². The molecular weight excluding hydrogens is 252 g/mol. The maximum Gasteiger partial charge on any atom is 0.150 e. The van der Waals surface area contributed by atoms with Gasteiger partial charge in [-0.1, -0.05) is 25.1 Å². The summed E-state index contributed by atoms with van der Waals surface area (Å²) in [6.45, 7) is 1.63. The van der Waals surface area contributed by atoms with Gasteiger partial charge >= 0.3 is 0 Å². The molecule has 1 unspecified atom stereocenters. The fraction of sp³-hybridized carbons (Fsp3) is 0.538. The molecule has 0 bridgehead atoms. The third-order valence-corrected chi connectivity index (χ3v) is 4.66. The van der Waals surface area contributed by atoms with Crippen LogP contribution < -0.4 is 4.74 Å². The van der Waals surface area contributed by atoms with Crippen molar-refractivity contribution < 1.29 is 18.3 Å². The molecule has 0 fully saturated rings. The van der Waals surface area contributed by atoms with Crippen LogP contribution in [0.3, 0.4) is 0 Å². The quantitative estimate of drug-likeness (QED) is 0.824. The number of sulfone groups is 1. The molecule has 1 atom stereocenters. The van der Waals surface area contributed by atoms with E-state index in [4.69, 9.17) is 4.74 Å². The fourth-order valence-corrected chi connectivity index (χ4v) is 2.63. The molecule has 0 aromatic heterocycles. The van der Waals surface area contributed by atoms with Gasteiger partial charge in [0.1, 0.15) is 15.6 Å². The minimum atomic E-state index is -2.96. The normalized spacial score (nSPS) is 13.3. The Bertz CT molecular complexity index is 468. The van der Waals surface area contributed by atoms with E-state index in [1.54, 1.807) is 26.2 Å². The van der Waals surface area contributed by atoms with Crippen molar-refractivity contribution in [2.75, 3.05) is 18.6 Å². The average molecular weight is 272 g/mol. The van der Waals surface area contributed by atoms with E-state index >= 15 is 0 Å². The van der Waals surface area contributed by atoms with Gasteiger partial charge in [-0.15, -0.1) is 0 Å². The van der Waals surface area contributed by atoms with E-state index in [-0.39, 0.29) is 11.5 Å². The molecule has 18 heavy (non-hydrogen) atoms. The summed E-state index contributed by atoms with van der Waals surface area (Å²) in [5, 5.41) is 10.0. The van der Waals surface area contributed by atoms with Crippen molar-refractivity contribution in [3.05, 3.63) is 29.8 Å². The van der Waals surface area contributed by atoms with E-state index < -0.39 is 15.9 Å². The highest BCUT2D eigenvalue weighted by molar-refractivity contribution is 7.91. The lowest BCUT2D eigenvalue weighted by Crippen LogP contribution is -2.10. The molecule has 0 spiro atoms. The second-order valence-electron chi connectivity index (χ2n) is 4.14. The molecule has 0 aliphatic rings. The number of rotatable bonds is 7. The van der Waals surface area contributed by atoms with Crippen molar-refractivity contribution >= 4 is 9.84 Å². The van der Waals surface area contributed by atoms with E-state index in [0.717, 1.165) is 0 Å². The first-order valence-corrected chi connectivity index (χ1v) is 7.83. The number of hydrogen-bond acceptors (Lipinski definition) is 4. The molecule has 0 saturated heterocycles. The van der Waals surface area contributed by atoms with Gasteiger partial charge in [0.25, 0.3) is 0 Å². The van der Waals surface area contributed by atoms with Gasteiger partial charge in [-0.2, -0.15) is 0 Å². The molecule has 0 saturated carbocycles. The summed E-state index contributed by atoms with van der Waals surface area (Å²) in [5.74, 6) is 0.899. The SMILES string of the molecule is CCS(=O)(=O)CCCC(O)c1ccccc1OC. The molecule has 4 nitrogen and oxygen atoms in total. The zero-order chi connectivity index (χ0) is 13.6. The van der Waals surface area contributed by atoms with Crippen molar-refractivity contribution in [1.29, 1.82) is 0 Å². The summed E-state index contributed by atoms with van der Waals surface area (Å²) < 4.78 is 27.8. The van der Waals surface area contributed by atoms with E-state index in [1.165, 1.54) is 0 Å². The summed E-state index contributed by atoms with van der Waals surface area (Å²) in [6, 6.07) is 7.22. The van der Waals surface area contributed by atoms with Gasteiger partial charge in [0.05, 0.1) is 19.0 Å². The first-order chi connectivity index (χ1) is 8.50. The zero-order valence-corrected chi connectivity index (χ0v) is 11.6. The monoisotopic (exact) mass is 272 g/mol. The molecule has 5 heteroatoms. The molecule has 0 aliphatic heterocycles. The van der Waals surface area contributed by atoms with Gasteiger partial charge in [0, 0.05) is 11.3 Å². The van der Waals surface area contributed by atoms with Gasteiger partial charge in [-0.25, -0.2) is 8.42 Å². The van der Waals surface area contributed by atoms with Gasteiger partial charge in [-0.05, 0) is 18.9 Å². The maximum absolute atomic E-state index is 11.3. The Morgan fingerprint density at radius 2 is 2.00 bits per heavy atom. The second kappa shape index (κ2) is 6.75. The zero-order valence-electron chi connectivity index (χ0n) is 10.8. The van der Waals surface area contributed by atoms with E-state index in [2.05, 4.69) is 0 Å². The smallest absolute Gasteiger partial charge is 0.150 e. The number of para-hydroxylation sites is 1. The average Bonchev–Trinajstić information content (AvgIpc) is 2.38. The topological polar surface area (TPSA) is 63.6 Å². The predicted molar refractivity (Wildman–Crippen MR) is 71.5 cm³/mol. The van der Waals surface area contributed by atoms with Gasteiger partial charge < -0.3 is 9.84 Å². The van der Waals surface area contributed by atoms with Crippen LogP contribution in [-0.4, -0.2) is 32.1 Å². The summed E-state index contributed by atoms with van der Waals surface area (Å²) >= 11 is 0. The molecular formula is C13H20O4S. The third-order valence-electron chi connectivity index (χ3n) is 2.87. The molecule has 1 aromatic rings. The molecule has 0 aliphatic carbocycles. The van der Waals surface area contributed by atoms with Crippen LogP contribution in [0, 0.1) is 0 Å². The Balaban J connectivity index is 2.58. The van der Waals surface area contributed by atoms with Crippen LogP contribution in [0.15, 0.2) is 24.3 Å². The molecule has 1 rings (SSSR count). The molecule has 1 N–H and O–H groups in total. The maximum atomic E-state index is 11.3. The number of benzene rings is 1. The Morgan fingerprint density at radius 3 is 2.61 bits per heavy atom. The highest BCUT2D eigenvalue weighted by Gasteiger charge is 2.14. The molecule has 102 valence electrons. The largest absolute Gasteiger partial charge is 0.496 e. The van der Waals surface area contributed by atoms with Crippen molar-refractivity contribution in [2.45, 2.75) is 25.9 Å². The van der Waals surface area contributed by atoms with Crippen LogP contribution in [0.4, 0.5) is 0 Å². The highest BCUT2D eigenvalue weighted by Crippen LogP contribution is 2.27. The Kier molecular flexibility index (Phi) is 5.62. The van der Waals surface area contributed by atoms with E-state index in [0.29, 0.717) is 24.2 Å². The summed E-state index contributed by atoms with van der Waals surface area (Å²) in [4.78, 5) is 0. The van der Waals surface area contributed by atoms with Crippen LogP contribution in [-0.2, 0) is 9.84 Å². The van der Waals surface area contributed by atoms with Crippen molar-refractivity contribution in [1.82, 2.24) is 0 Å². The van der Waals surface area contributed by atoms with Crippen molar-refractivity contribution in [2.24, 2.45) is 0 Å². The minimum Gasteiger partial charge on any atom is -0.496 e. The van der Waals surface area contributed by atoms with Crippen LogP contribution in [0.1, 0.15) is 31.4 Å². The molecule has 1 aromatic carbocycles. The standard InChI is InChI=1S/C13H20O4S/c1-3-18(15,16)10-6-8-12(14)11-7-4-5-9-13(11)17-2/h4-5,7,9,12,14H,3,6,8,10H2,1-2H3. The third kappa shape index (κ3) is 4.31. The Labute approximate surface area is 109 Å². The predicted octanol–water partition coefficient (Wildman–Crippen LogP) is 1.94. The van der Waals surface area contributed by atoms with Gasteiger partial charge in [0.2, 0.25) is 0 Å². The summed E-state index contributed by atoms with van der Waals surface area (Å²) in [5.41, 5.74) is 0.703. The number of ether oxygens (including phenoxy) is 1.